The third-order valence-electron chi connectivity index (χ3n) is 5.18. The molecule has 1 rings (SSSR count). The van der Waals surface area contributed by atoms with Crippen molar-refractivity contribution in [3.05, 3.63) is 0 Å². The van der Waals surface area contributed by atoms with Crippen molar-refractivity contribution >= 4 is 13.8 Å². The normalized spacial score (nSPS) is 31.1. The van der Waals surface area contributed by atoms with Crippen LogP contribution in [0.2, 0.25) is 0 Å². The number of phosphoric acid groups is 1. The van der Waals surface area contributed by atoms with Crippen LogP contribution in [0.1, 0.15) is 58.3 Å². The Balaban J connectivity index is 2.30. The molecule has 0 aliphatic heterocycles. The largest absolute Gasteiger partial charge is 0.472 e. The second-order valence-electron chi connectivity index (χ2n) is 8.00. The number of esters is 1. The molecule has 0 heterocycles. The van der Waals surface area contributed by atoms with E-state index in [-0.39, 0.29) is 6.42 Å². The van der Waals surface area contributed by atoms with Gasteiger partial charge in [0.1, 0.15) is 49.3 Å². The predicted octanol–water partition coefficient (Wildman–Crippen LogP) is -0.648. The number of unbranched alkanes of at least 4 members (excludes halogenated alkanes) is 6. The van der Waals surface area contributed by atoms with E-state index in [1.54, 1.807) is 0 Å². The molecular weight excluding hydrogens is 451 g/mol. The molecule has 0 aromatic rings. The third-order valence-corrected chi connectivity index (χ3v) is 6.16. The van der Waals surface area contributed by atoms with Gasteiger partial charge in [-0.3, -0.25) is 13.8 Å². The van der Waals surface area contributed by atoms with E-state index in [1.807, 2.05) is 0 Å². The highest BCUT2D eigenvalue weighted by Crippen LogP contribution is 2.47. The first-order valence-corrected chi connectivity index (χ1v) is 12.4. The lowest BCUT2D eigenvalue weighted by Crippen LogP contribution is -2.64. The molecule has 6 atom stereocenters. The fraction of sp³-hybridized carbons (Fsp3) is 0.947. The Morgan fingerprint density at radius 1 is 0.844 bits per heavy atom. The molecule has 0 spiro atoms. The molecule has 0 bridgehead atoms. The highest BCUT2D eigenvalue weighted by Gasteiger charge is 2.51. The zero-order chi connectivity index (χ0) is 24.3. The van der Waals surface area contributed by atoms with Gasteiger partial charge in [0.05, 0.1) is 6.61 Å². The van der Waals surface area contributed by atoms with Crippen molar-refractivity contribution in [3.8, 4) is 0 Å². The maximum absolute atomic E-state index is 12.0. The standard InChI is InChI=1S/C19H37O12P/c1-2-3-4-5-6-7-8-9-13(21)29-10-12(20)11-30-32(27,28)31-19-17(25)15(23)14(22)16(24)18(19)26/h12,14-20,22-26H,2-11H2,1H3,(H,27,28). The van der Waals surface area contributed by atoms with E-state index in [9.17, 15) is 44.9 Å². The van der Waals surface area contributed by atoms with Crippen LogP contribution in [0, 0.1) is 0 Å². The summed E-state index contributed by atoms with van der Waals surface area (Å²) in [7, 11) is -4.97. The van der Waals surface area contributed by atoms with Gasteiger partial charge in [-0.25, -0.2) is 4.57 Å². The molecule has 0 saturated heterocycles. The van der Waals surface area contributed by atoms with Gasteiger partial charge in [0.15, 0.2) is 0 Å². The van der Waals surface area contributed by atoms with Crippen LogP contribution in [-0.4, -0.2) is 97.4 Å². The smallest absolute Gasteiger partial charge is 0.463 e. The molecule has 190 valence electrons. The average molecular weight is 488 g/mol. The van der Waals surface area contributed by atoms with Gasteiger partial charge in [0.2, 0.25) is 0 Å². The highest BCUT2D eigenvalue weighted by molar-refractivity contribution is 7.47. The van der Waals surface area contributed by atoms with Gasteiger partial charge in [-0.2, -0.15) is 0 Å². The van der Waals surface area contributed by atoms with Gasteiger partial charge in [-0.1, -0.05) is 45.4 Å². The number of carbonyl (C=O) groups is 1. The van der Waals surface area contributed by atoms with Crippen LogP contribution in [0.25, 0.3) is 0 Å². The molecule has 0 aromatic heterocycles. The third kappa shape index (κ3) is 10.1. The Hall–Kier alpha value is -0.660. The van der Waals surface area contributed by atoms with Crippen LogP contribution in [-0.2, 0) is 23.1 Å². The minimum absolute atomic E-state index is 0.191. The monoisotopic (exact) mass is 488 g/mol. The number of aliphatic hydroxyl groups is 6. The summed E-state index contributed by atoms with van der Waals surface area (Å²) >= 11 is 0. The van der Waals surface area contributed by atoms with Gasteiger partial charge < -0.3 is 40.3 Å². The Kier molecular flexibility index (Phi) is 13.4. The van der Waals surface area contributed by atoms with E-state index in [0.717, 1.165) is 25.7 Å². The topological polar surface area (TPSA) is 203 Å². The van der Waals surface area contributed by atoms with E-state index in [2.05, 4.69) is 16.0 Å². The van der Waals surface area contributed by atoms with E-state index in [1.165, 1.54) is 12.8 Å². The molecule has 0 aromatic carbocycles. The summed E-state index contributed by atoms with van der Waals surface area (Å²) in [5.74, 6) is -0.518. The number of hydrogen-bond donors (Lipinski definition) is 7. The van der Waals surface area contributed by atoms with E-state index < -0.39 is 69.7 Å². The molecule has 6 unspecified atom stereocenters. The fourth-order valence-corrected chi connectivity index (χ4v) is 4.20. The second kappa shape index (κ2) is 14.6. The molecule has 7 N–H and O–H groups in total. The number of carbonyl (C=O) groups excluding carboxylic acids is 1. The molecule has 1 saturated carbocycles. The van der Waals surface area contributed by atoms with Gasteiger partial charge in [-0.15, -0.1) is 0 Å². The Bertz CT molecular complexity index is 575. The lowest BCUT2D eigenvalue weighted by Gasteiger charge is -2.41. The summed E-state index contributed by atoms with van der Waals surface area (Å²) in [5.41, 5.74) is 0. The maximum Gasteiger partial charge on any atom is 0.472 e. The van der Waals surface area contributed by atoms with E-state index in [0.29, 0.717) is 6.42 Å². The average Bonchev–Trinajstić information content (AvgIpc) is 2.76. The van der Waals surface area contributed by atoms with Crippen LogP contribution in [0.4, 0.5) is 0 Å². The number of phosphoric ester groups is 1. The molecule has 13 heteroatoms. The second-order valence-corrected chi connectivity index (χ2v) is 9.40. The zero-order valence-corrected chi connectivity index (χ0v) is 19.1. The number of ether oxygens (including phenoxy) is 1. The Morgan fingerprint density at radius 3 is 1.91 bits per heavy atom. The van der Waals surface area contributed by atoms with Gasteiger partial charge in [-0.05, 0) is 6.42 Å². The summed E-state index contributed by atoms with van der Waals surface area (Å²) in [6, 6.07) is 0. The number of aliphatic hydroxyl groups excluding tert-OH is 6. The fourth-order valence-electron chi connectivity index (χ4n) is 3.22. The predicted molar refractivity (Wildman–Crippen MR) is 110 cm³/mol. The lowest BCUT2D eigenvalue weighted by atomic mass is 9.85. The van der Waals surface area contributed by atoms with Crippen LogP contribution in [0.3, 0.4) is 0 Å². The van der Waals surface area contributed by atoms with Gasteiger partial charge >= 0.3 is 13.8 Å². The molecule has 1 aliphatic rings. The van der Waals surface area contributed by atoms with Crippen molar-refractivity contribution in [1.29, 1.82) is 0 Å². The van der Waals surface area contributed by atoms with Crippen molar-refractivity contribution in [2.45, 2.75) is 101 Å². The quantitative estimate of drug-likeness (QED) is 0.0873. The first-order valence-electron chi connectivity index (χ1n) is 10.9. The molecular formula is C19H37O12P. The molecule has 12 nitrogen and oxygen atoms in total. The molecule has 0 amide bonds. The molecule has 0 radical (unpaired) electrons. The summed E-state index contributed by atoms with van der Waals surface area (Å²) in [6.45, 7) is 0.884. The Morgan fingerprint density at radius 2 is 1.34 bits per heavy atom. The Labute approximate surface area is 187 Å². The lowest BCUT2D eigenvalue weighted by molar-refractivity contribution is -0.220. The molecule has 1 aliphatic carbocycles. The van der Waals surface area contributed by atoms with Crippen molar-refractivity contribution in [2.75, 3.05) is 13.2 Å². The van der Waals surface area contributed by atoms with E-state index >= 15 is 0 Å². The zero-order valence-electron chi connectivity index (χ0n) is 18.2. The summed E-state index contributed by atoms with van der Waals surface area (Å²) in [6.07, 6.45) is -5.73. The summed E-state index contributed by atoms with van der Waals surface area (Å²) < 4.78 is 26.1. The first-order chi connectivity index (χ1) is 15.0. The number of hydrogen-bond acceptors (Lipinski definition) is 11. The van der Waals surface area contributed by atoms with Crippen molar-refractivity contribution in [2.24, 2.45) is 0 Å². The van der Waals surface area contributed by atoms with E-state index in [4.69, 9.17) is 4.74 Å². The number of rotatable bonds is 15. The minimum Gasteiger partial charge on any atom is -0.463 e. The minimum atomic E-state index is -4.97. The summed E-state index contributed by atoms with van der Waals surface area (Å²) in [5, 5.41) is 58.1. The van der Waals surface area contributed by atoms with Gasteiger partial charge in [0, 0.05) is 6.42 Å². The molecule has 32 heavy (non-hydrogen) atoms. The van der Waals surface area contributed by atoms with Crippen molar-refractivity contribution in [1.82, 2.24) is 0 Å². The van der Waals surface area contributed by atoms with Crippen LogP contribution in [0.15, 0.2) is 0 Å². The SMILES string of the molecule is CCCCCCCCCC(=O)OCC(O)COP(=O)(O)OC1C(O)C(O)C(O)C(O)C1O. The van der Waals surface area contributed by atoms with Crippen LogP contribution < -0.4 is 0 Å². The highest BCUT2D eigenvalue weighted by atomic mass is 31.2. The molecule has 1 fully saturated rings. The first kappa shape index (κ1) is 29.4. The summed E-state index contributed by atoms with van der Waals surface area (Å²) in [4.78, 5) is 21.4. The maximum atomic E-state index is 12.0. The van der Waals surface area contributed by atoms with Crippen molar-refractivity contribution in [3.63, 3.8) is 0 Å². The van der Waals surface area contributed by atoms with Crippen LogP contribution in [0.5, 0.6) is 0 Å². The van der Waals surface area contributed by atoms with Crippen molar-refractivity contribution < 1.29 is 58.7 Å². The van der Waals surface area contributed by atoms with Gasteiger partial charge in [0.25, 0.3) is 0 Å². The van der Waals surface area contributed by atoms with Crippen LogP contribution >= 0.6 is 7.82 Å².